The van der Waals surface area contributed by atoms with E-state index in [1.165, 1.54) is 0 Å². The highest BCUT2D eigenvalue weighted by Gasteiger charge is 2.13. The summed E-state index contributed by atoms with van der Waals surface area (Å²) < 4.78 is 7.22. The second-order valence-electron chi connectivity index (χ2n) is 3.64. The second-order valence-corrected chi connectivity index (χ2v) is 3.64. The fraction of sp³-hybridized carbons (Fsp3) is 0.364. The molecule has 2 heterocycles. The molecule has 16 heavy (non-hydrogen) atoms. The highest BCUT2D eigenvalue weighted by atomic mass is 16.3. The van der Waals surface area contributed by atoms with Crippen molar-refractivity contribution in [2.24, 2.45) is 5.84 Å². The third kappa shape index (κ3) is 2.32. The third-order valence-electron chi connectivity index (χ3n) is 2.54. The molecule has 0 bridgehead atoms. The maximum Gasteiger partial charge on any atom is 0.122 e. The van der Waals surface area contributed by atoms with Gasteiger partial charge in [0.15, 0.2) is 0 Å². The zero-order chi connectivity index (χ0) is 11.4. The van der Waals surface area contributed by atoms with Gasteiger partial charge in [0.1, 0.15) is 5.76 Å². The maximum absolute atomic E-state index is 5.51. The van der Waals surface area contributed by atoms with Gasteiger partial charge in [0.05, 0.1) is 18.5 Å². The van der Waals surface area contributed by atoms with Gasteiger partial charge < -0.3 is 4.42 Å². The molecule has 5 nitrogen and oxygen atoms in total. The Morgan fingerprint density at radius 2 is 2.50 bits per heavy atom. The van der Waals surface area contributed by atoms with Crippen molar-refractivity contribution in [3.63, 3.8) is 0 Å². The molecule has 0 saturated carbocycles. The van der Waals surface area contributed by atoms with Crippen LogP contribution in [0.3, 0.4) is 0 Å². The Balaban J connectivity index is 2.07. The van der Waals surface area contributed by atoms with Crippen LogP contribution in [0.1, 0.15) is 24.3 Å². The highest BCUT2D eigenvalue weighted by Crippen LogP contribution is 2.17. The molecule has 1 unspecified atom stereocenters. The quantitative estimate of drug-likeness (QED) is 0.587. The monoisotopic (exact) mass is 220 g/mol. The number of aromatic nitrogens is 2. The lowest BCUT2D eigenvalue weighted by atomic mass is 10.1. The van der Waals surface area contributed by atoms with E-state index < -0.39 is 0 Å². The molecule has 0 aliphatic heterocycles. The molecule has 0 spiro atoms. The topological polar surface area (TPSA) is 69.0 Å². The van der Waals surface area contributed by atoms with Crippen molar-refractivity contribution in [1.82, 2.24) is 15.2 Å². The third-order valence-corrected chi connectivity index (χ3v) is 2.54. The van der Waals surface area contributed by atoms with Crippen molar-refractivity contribution in [3.8, 4) is 0 Å². The lowest BCUT2D eigenvalue weighted by Gasteiger charge is -2.11. The molecule has 0 aromatic carbocycles. The van der Waals surface area contributed by atoms with Crippen molar-refractivity contribution in [1.29, 1.82) is 0 Å². The molecule has 2 aromatic rings. The van der Waals surface area contributed by atoms with E-state index in [9.17, 15) is 0 Å². The zero-order valence-corrected chi connectivity index (χ0v) is 9.26. The average Bonchev–Trinajstić information content (AvgIpc) is 2.96. The molecule has 0 radical (unpaired) electrons. The summed E-state index contributed by atoms with van der Waals surface area (Å²) in [6.07, 6.45) is 6.29. The van der Waals surface area contributed by atoms with Crippen LogP contribution < -0.4 is 11.3 Å². The molecule has 0 aliphatic rings. The summed E-state index contributed by atoms with van der Waals surface area (Å²) in [5.74, 6) is 6.35. The Hall–Kier alpha value is -1.59. The van der Waals surface area contributed by atoms with Gasteiger partial charge in [-0.3, -0.25) is 10.5 Å². The number of nitrogens with two attached hydrogens (primary N) is 1. The molecule has 2 aromatic heterocycles. The predicted molar refractivity (Wildman–Crippen MR) is 60.4 cm³/mol. The van der Waals surface area contributed by atoms with E-state index in [0.717, 1.165) is 24.3 Å². The average molecular weight is 220 g/mol. The summed E-state index contributed by atoms with van der Waals surface area (Å²) in [4.78, 5) is 0. The van der Waals surface area contributed by atoms with Gasteiger partial charge in [-0.25, -0.2) is 5.43 Å². The van der Waals surface area contributed by atoms with Crippen LogP contribution in [0.25, 0.3) is 0 Å². The Morgan fingerprint density at radius 3 is 3.06 bits per heavy atom. The zero-order valence-electron chi connectivity index (χ0n) is 9.26. The number of hydrazine groups is 1. The largest absolute Gasteiger partial charge is 0.468 e. The van der Waals surface area contributed by atoms with Crippen LogP contribution in [0.4, 0.5) is 0 Å². The van der Waals surface area contributed by atoms with Gasteiger partial charge in [0, 0.05) is 12.7 Å². The maximum atomic E-state index is 5.51. The molecule has 0 amide bonds. The van der Waals surface area contributed by atoms with Crippen LogP contribution >= 0.6 is 0 Å². The molecule has 5 heteroatoms. The summed E-state index contributed by atoms with van der Waals surface area (Å²) in [5, 5.41) is 4.22. The standard InChI is InChI=1S/C11H16N4O/c1-2-15-8-9(7-13-15)6-10(14-12)11-4-3-5-16-11/h3-5,7-8,10,14H,2,6,12H2,1H3. The van der Waals surface area contributed by atoms with Crippen molar-refractivity contribution in [3.05, 3.63) is 42.1 Å². The predicted octanol–water partition coefficient (Wildman–Crippen LogP) is 1.24. The SMILES string of the molecule is CCn1cc(CC(NN)c2ccco2)cn1. The van der Waals surface area contributed by atoms with Gasteiger partial charge in [-0.2, -0.15) is 5.10 Å². The van der Waals surface area contributed by atoms with E-state index in [2.05, 4.69) is 17.4 Å². The van der Waals surface area contributed by atoms with Gasteiger partial charge in [-0.15, -0.1) is 0 Å². The minimum Gasteiger partial charge on any atom is -0.468 e. The summed E-state index contributed by atoms with van der Waals surface area (Å²) in [6, 6.07) is 3.76. The molecule has 0 aliphatic carbocycles. The van der Waals surface area contributed by atoms with E-state index >= 15 is 0 Å². The second kappa shape index (κ2) is 4.96. The molecule has 3 N–H and O–H groups in total. The van der Waals surface area contributed by atoms with Crippen molar-refractivity contribution in [2.75, 3.05) is 0 Å². The van der Waals surface area contributed by atoms with Crippen molar-refractivity contribution < 1.29 is 4.42 Å². The first kappa shape index (κ1) is 10.9. The van der Waals surface area contributed by atoms with E-state index in [4.69, 9.17) is 10.3 Å². The molecular weight excluding hydrogens is 204 g/mol. The van der Waals surface area contributed by atoms with E-state index in [-0.39, 0.29) is 6.04 Å². The first-order valence-electron chi connectivity index (χ1n) is 5.34. The normalized spacial score (nSPS) is 12.9. The van der Waals surface area contributed by atoms with Gasteiger partial charge in [0.2, 0.25) is 0 Å². The molecule has 1 atom stereocenters. The lowest BCUT2D eigenvalue weighted by Crippen LogP contribution is -2.29. The minimum absolute atomic E-state index is 0.00972. The molecule has 2 rings (SSSR count). The van der Waals surface area contributed by atoms with Crippen LogP contribution in [0, 0.1) is 0 Å². The molecule has 86 valence electrons. The van der Waals surface area contributed by atoms with Crippen LogP contribution in [-0.4, -0.2) is 9.78 Å². The highest BCUT2D eigenvalue weighted by molar-refractivity contribution is 5.12. The van der Waals surface area contributed by atoms with Crippen LogP contribution in [0.5, 0.6) is 0 Å². The number of aryl methyl sites for hydroxylation is 1. The van der Waals surface area contributed by atoms with Crippen LogP contribution in [-0.2, 0) is 13.0 Å². The van der Waals surface area contributed by atoms with Crippen LogP contribution in [0.15, 0.2) is 35.2 Å². The fourth-order valence-electron chi connectivity index (χ4n) is 1.65. The van der Waals surface area contributed by atoms with Gasteiger partial charge in [-0.1, -0.05) is 0 Å². The lowest BCUT2D eigenvalue weighted by molar-refractivity contribution is 0.416. The molecule has 0 saturated heterocycles. The fourth-order valence-corrected chi connectivity index (χ4v) is 1.65. The molecular formula is C11H16N4O. The van der Waals surface area contributed by atoms with Gasteiger partial charge in [0.25, 0.3) is 0 Å². The van der Waals surface area contributed by atoms with Crippen molar-refractivity contribution in [2.45, 2.75) is 25.9 Å². The first-order chi connectivity index (χ1) is 7.83. The minimum atomic E-state index is -0.00972. The number of furan rings is 1. The Kier molecular flexibility index (Phi) is 3.38. The van der Waals surface area contributed by atoms with E-state index in [1.807, 2.05) is 29.2 Å². The van der Waals surface area contributed by atoms with Gasteiger partial charge in [-0.05, 0) is 31.0 Å². The van der Waals surface area contributed by atoms with Crippen LogP contribution in [0.2, 0.25) is 0 Å². The number of hydrogen-bond acceptors (Lipinski definition) is 4. The number of nitrogens with zero attached hydrogens (tertiary/aromatic N) is 2. The number of rotatable bonds is 5. The Bertz CT molecular complexity index is 421. The van der Waals surface area contributed by atoms with E-state index in [1.54, 1.807) is 6.26 Å². The summed E-state index contributed by atoms with van der Waals surface area (Å²) in [7, 11) is 0. The molecule has 0 fully saturated rings. The summed E-state index contributed by atoms with van der Waals surface area (Å²) in [6.45, 7) is 2.93. The first-order valence-corrected chi connectivity index (χ1v) is 5.34. The van der Waals surface area contributed by atoms with E-state index in [0.29, 0.717) is 0 Å². The Morgan fingerprint density at radius 1 is 1.62 bits per heavy atom. The smallest absolute Gasteiger partial charge is 0.122 e. The number of hydrogen-bond donors (Lipinski definition) is 2. The van der Waals surface area contributed by atoms with Gasteiger partial charge >= 0.3 is 0 Å². The number of nitrogens with one attached hydrogen (secondary N) is 1. The summed E-state index contributed by atoms with van der Waals surface area (Å²) >= 11 is 0. The Labute approximate surface area is 94.2 Å². The summed E-state index contributed by atoms with van der Waals surface area (Å²) in [5.41, 5.74) is 3.89. The van der Waals surface area contributed by atoms with Crippen molar-refractivity contribution >= 4 is 0 Å².